The van der Waals surface area contributed by atoms with Gasteiger partial charge in [0.1, 0.15) is 11.5 Å². The number of benzene rings is 4. The van der Waals surface area contributed by atoms with Crippen LogP contribution in [0.2, 0.25) is 5.02 Å². The van der Waals surface area contributed by atoms with Crippen molar-refractivity contribution < 1.29 is 17.9 Å². The summed E-state index contributed by atoms with van der Waals surface area (Å²) in [6.07, 6.45) is 0. The Labute approximate surface area is 203 Å². The van der Waals surface area contributed by atoms with Crippen molar-refractivity contribution in [3.05, 3.63) is 113 Å². The molecule has 4 aromatic rings. The second kappa shape index (κ2) is 9.99. The van der Waals surface area contributed by atoms with Gasteiger partial charge in [0.05, 0.1) is 15.5 Å². The van der Waals surface area contributed by atoms with Crippen molar-refractivity contribution in [1.29, 1.82) is 0 Å². The molecule has 0 unspecified atom stereocenters. The summed E-state index contributed by atoms with van der Waals surface area (Å²) in [4.78, 5) is 13.0. The normalized spacial score (nSPS) is 11.0. The summed E-state index contributed by atoms with van der Waals surface area (Å²) in [6, 6.07) is 27.1. The summed E-state index contributed by atoms with van der Waals surface area (Å²) in [5.41, 5.74) is 1.84. The van der Waals surface area contributed by atoms with Gasteiger partial charge in [0.25, 0.3) is 15.9 Å². The fourth-order valence-corrected chi connectivity index (χ4v) is 4.38. The predicted octanol–water partition coefficient (Wildman–Crippen LogP) is 6.49. The number of amides is 1. The molecular weight excluding hydrogens is 472 g/mol. The van der Waals surface area contributed by atoms with E-state index in [2.05, 4.69) is 10.0 Å². The van der Waals surface area contributed by atoms with Crippen molar-refractivity contribution >= 4 is 38.9 Å². The molecule has 6 nitrogen and oxygen atoms in total. The number of para-hydroxylation sites is 1. The Bertz CT molecular complexity index is 1410. The first-order chi connectivity index (χ1) is 16.3. The fourth-order valence-electron chi connectivity index (χ4n) is 3.12. The second-order valence-electron chi connectivity index (χ2n) is 7.51. The van der Waals surface area contributed by atoms with E-state index in [4.69, 9.17) is 16.3 Å². The third kappa shape index (κ3) is 5.75. The molecule has 0 aliphatic rings. The maximum Gasteiger partial charge on any atom is 0.261 e. The highest BCUT2D eigenvalue weighted by Gasteiger charge is 2.17. The van der Waals surface area contributed by atoms with Crippen molar-refractivity contribution in [3.8, 4) is 11.5 Å². The molecule has 4 aromatic carbocycles. The van der Waals surface area contributed by atoms with Crippen LogP contribution in [0.25, 0.3) is 0 Å². The zero-order valence-corrected chi connectivity index (χ0v) is 19.7. The lowest BCUT2D eigenvalue weighted by Crippen LogP contribution is -2.15. The van der Waals surface area contributed by atoms with Crippen LogP contribution < -0.4 is 14.8 Å². The summed E-state index contributed by atoms with van der Waals surface area (Å²) in [5.74, 6) is 0.851. The van der Waals surface area contributed by atoms with Gasteiger partial charge in [-0.15, -0.1) is 0 Å². The largest absolute Gasteiger partial charge is 0.457 e. The van der Waals surface area contributed by atoms with Crippen LogP contribution in [-0.4, -0.2) is 14.3 Å². The maximum atomic E-state index is 12.8. The van der Waals surface area contributed by atoms with Gasteiger partial charge in [-0.1, -0.05) is 47.5 Å². The van der Waals surface area contributed by atoms with Gasteiger partial charge in [0, 0.05) is 11.4 Å². The highest BCUT2D eigenvalue weighted by molar-refractivity contribution is 7.92. The van der Waals surface area contributed by atoms with Gasteiger partial charge in [-0.2, -0.15) is 0 Å². The van der Waals surface area contributed by atoms with Crippen LogP contribution in [0, 0.1) is 6.92 Å². The lowest BCUT2D eigenvalue weighted by atomic mass is 10.2. The number of carbonyl (C=O) groups is 1. The number of hydrogen-bond acceptors (Lipinski definition) is 4. The Morgan fingerprint density at radius 3 is 2.09 bits per heavy atom. The average molecular weight is 493 g/mol. The van der Waals surface area contributed by atoms with Crippen molar-refractivity contribution in [2.45, 2.75) is 11.8 Å². The van der Waals surface area contributed by atoms with Gasteiger partial charge in [0.2, 0.25) is 0 Å². The Kier molecular flexibility index (Phi) is 6.86. The van der Waals surface area contributed by atoms with Gasteiger partial charge in [-0.05, 0) is 73.7 Å². The molecule has 0 aromatic heterocycles. The lowest BCUT2D eigenvalue weighted by molar-refractivity contribution is 0.102. The first-order valence-electron chi connectivity index (χ1n) is 10.3. The monoisotopic (exact) mass is 492 g/mol. The SMILES string of the molecule is Cc1ccc(S(=O)(=O)Nc2ccc(Cl)c(C(=O)Nc3ccc(Oc4ccccc4)cc3)c2)cc1. The number of aryl methyl sites for hydroxylation is 1. The topological polar surface area (TPSA) is 84.5 Å². The minimum Gasteiger partial charge on any atom is -0.457 e. The number of nitrogens with one attached hydrogen (secondary N) is 2. The molecule has 172 valence electrons. The van der Waals surface area contributed by atoms with Crippen molar-refractivity contribution in [3.63, 3.8) is 0 Å². The van der Waals surface area contributed by atoms with E-state index in [0.717, 1.165) is 5.56 Å². The van der Waals surface area contributed by atoms with Gasteiger partial charge in [-0.3, -0.25) is 9.52 Å². The van der Waals surface area contributed by atoms with Crippen LogP contribution in [0.4, 0.5) is 11.4 Å². The summed E-state index contributed by atoms with van der Waals surface area (Å²) >= 11 is 6.22. The van der Waals surface area contributed by atoms with Crippen LogP contribution in [0.3, 0.4) is 0 Å². The van der Waals surface area contributed by atoms with Gasteiger partial charge in [0.15, 0.2) is 0 Å². The molecule has 0 radical (unpaired) electrons. The van der Waals surface area contributed by atoms with Crippen LogP contribution in [0.5, 0.6) is 11.5 Å². The predicted molar refractivity (Wildman–Crippen MR) is 134 cm³/mol. The van der Waals surface area contributed by atoms with E-state index in [1.807, 2.05) is 37.3 Å². The number of carbonyl (C=O) groups excluding carboxylic acids is 1. The van der Waals surface area contributed by atoms with Crippen LogP contribution in [0.1, 0.15) is 15.9 Å². The molecule has 0 fully saturated rings. The molecule has 4 rings (SSSR count). The minimum atomic E-state index is -3.81. The fraction of sp³-hybridized carbons (Fsp3) is 0.0385. The third-order valence-corrected chi connectivity index (χ3v) is 6.61. The van der Waals surface area contributed by atoms with Crippen LogP contribution >= 0.6 is 11.6 Å². The number of halogens is 1. The summed E-state index contributed by atoms with van der Waals surface area (Å²) < 4.78 is 33.6. The Balaban J connectivity index is 1.47. The van der Waals surface area contributed by atoms with Gasteiger partial charge >= 0.3 is 0 Å². The molecule has 2 N–H and O–H groups in total. The Morgan fingerprint density at radius 2 is 1.41 bits per heavy atom. The summed E-state index contributed by atoms with van der Waals surface area (Å²) in [6.45, 7) is 1.87. The number of ether oxygens (including phenoxy) is 1. The van der Waals surface area contributed by atoms with E-state index in [9.17, 15) is 13.2 Å². The first-order valence-corrected chi connectivity index (χ1v) is 12.2. The standard InChI is InChI=1S/C26H21ClN2O4S/c1-18-7-14-23(15-8-18)34(31,32)29-20-11-16-25(27)24(17-20)26(30)28-19-9-12-22(13-10-19)33-21-5-3-2-4-6-21/h2-17,29H,1H3,(H,28,30). The highest BCUT2D eigenvalue weighted by atomic mass is 35.5. The van der Waals surface area contributed by atoms with E-state index in [1.54, 1.807) is 36.4 Å². The number of hydrogen-bond donors (Lipinski definition) is 2. The van der Waals surface area contributed by atoms with E-state index in [-0.39, 0.29) is 21.2 Å². The minimum absolute atomic E-state index is 0.122. The molecule has 8 heteroatoms. The molecule has 34 heavy (non-hydrogen) atoms. The summed E-state index contributed by atoms with van der Waals surface area (Å²) in [5, 5.41) is 2.96. The molecule has 0 heterocycles. The molecule has 0 aliphatic carbocycles. The highest BCUT2D eigenvalue weighted by Crippen LogP contribution is 2.26. The quantitative estimate of drug-likeness (QED) is 0.308. The molecule has 0 aliphatic heterocycles. The smallest absolute Gasteiger partial charge is 0.261 e. The number of anilines is 2. The molecule has 0 atom stereocenters. The number of rotatable bonds is 7. The van der Waals surface area contributed by atoms with E-state index in [1.165, 1.54) is 30.3 Å². The number of sulfonamides is 1. The van der Waals surface area contributed by atoms with E-state index < -0.39 is 15.9 Å². The molecular formula is C26H21ClN2O4S. The van der Waals surface area contributed by atoms with Crippen molar-refractivity contribution in [1.82, 2.24) is 0 Å². The van der Waals surface area contributed by atoms with Crippen molar-refractivity contribution in [2.75, 3.05) is 10.0 Å². The van der Waals surface area contributed by atoms with E-state index >= 15 is 0 Å². The lowest BCUT2D eigenvalue weighted by Gasteiger charge is -2.12. The third-order valence-electron chi connectivity index (χ3n) is 4.89. The van der Waals surface area contributed by atoms with Gasteiger partial charge < -0.3 is 10.1 Å². The zero-order chi connectivity index (χ0) is 24.1. The Morgan fingerprint density at radius 1 is 0.794 bits per heavy atom. The maximum absolute atomic E-state index is 12.8. The van der Waals surface area contributed by atoms with Crippen molar-refractivity contribution in [2.24, 2.45) is 0 Å². The molecule has 0 saturated heterocycles. The molecule has 1 amide bonds. The Hall–Kier alpha value is -3.81. The van der Waals surface area contributed by atoms with E-state index in [0.29, 0.717) is 17.2 Å². The zero-order valence-electron chi connectivity index (χ0n) is 18.2. The molecule has 0 bridgehead atoms. The average Bonchev–Trinajstić information content (AvgIpc) is 2.82. The second-order valence-corrected chi connectivity index (χ2v) is 9.60. The van der Waals surface area contributed by atoms with Gasteiger partial charge in [-0.25, -0.2) is 8.42 Å². The molecule has 0 spiro atoms. The first kappa shape index (κ1) is 23.4. The molecule has 0 saturated carbocycles. The van der Waals surface area contributed by atoms with Crippen LogP contribution in [0.15, 0.2) is 102 Å². The summed E-state index contributed by atoms with van der Waals surface area (Å²) in [7, 11) is -3.81. The van der Waals surface area contributed by atoms with Crippen LogP contribution in [-0.2, 0) is 10.0 Å².